The van der Waals surface area contributed by atoms with Crippen LogP contribution in [0.5, 0.6) is 0 Å². The van der Waals surface area contributed by atoms with Crippen LogP contribution in [0.2, 0.25) is 5.02 Å². The first-order valence-corrected chi connectivity index (χ1v) is 6.97. The number of halogens is 2. The molecule has 0 atom stereocenters. The Bertz CT molecular complexity index is 717. The Morgan fingerprint density at radius 1 is 1.29 bits per heavy atom. The van der Waals surface area contributed by atoms with Crippen molar-refractivity contribution < 1.29 is 14.3 Å². The largest absolute Gasteiger partial charge is 0.478 e. The van der Waals surface area contributed by atoms with Crippen molar-refractivity contribution in [1.82, 2.24) is 0 Å². The van der Waals surface area contributed by atoms with Gasteiger partial charge in [0.05, 0.1) is 5.56 Å². The Balaban J connectivity index is 1.86. The number of hydrogen-bond acceptors (Lipinski definition) is 2. The van der Waals surface area contributed by atoms with E-state index in [1.807, 2.05) is 6.07 Å². The third kappa shape index (κ3) is 2.72. The van der Waals surface area contributed by atoms with Crippen molar-refractivity contribution in [3.8, 4) is 0 Å². The normalized spacial score (nSPS) is 13.3. The molecule has 0 fully saturated rings. The molecule has 0 aromatic heterocycles. The summed E-state index contributed by atoms with van der Waals surface area (Å²) in [7, 11) is 0. The standard InChI is InChI=1S/C16H13ClFNO2/c17-14-8-13(18)3-1-12(14)9-19-6-5-10-7-11(16(20)21)2-4-15(10)19/h1-4,7-8H,5-6,9H2,(H,20,21). The first-order chi connectivity index (χ1) is 10.0. The molecule has 21 heavy (non-hydrogen) atoms. The molecule has 0 amide bonds. The van der Waals surface area contributed by atoms with Gasteiger partial charge in [0.1, 0.15) is 5.82 Å². The van der Waals surface area contributed by atoms with Crippen molar-refractivity contribution in [1.29, 1.82) is 0 Å². The summed E-state index contributed by atoms with van der Waals surface area (Å²) in [4.78, 5) is 13.1. The third-order valence-electron chi connectivity index (χ3n) is 3.69. The molecule has 0 spiro atoms. The maximum absolute atomic E-state index is 13.1. The van der Waals surface area contributed by atoms with Gasteiger partial charge in [-0.25, -0.2) is 9.18 Å². The Labute approximate surface area is 126 Å². The number of carbonyl (C=O) groups is 1. The van der Waals surface area contributed by atoms with Crippen LogP contribution in [0, 0.1) is 5.82 Å². The molecule has 1 heterocycles. The van der Waals surface area contributed by atoms with E-state index < -0.39 is 5.97 Å². The zero-order chi connectivity index (χ0) is 15.0. The summed E-state index contributed by atoms with van der Waals surface area (Å²) in [6.07, 6.45) is 0.801. The highest BCUT2D eigenvalue weighted by Gasteiger charge is 2.21. The summed E-state index contributed by atoms with van der Waals surface area (Å²) in [5, 5.41) is 9.42. The van der Waals surface area contributed by atoms with E-state index in [2.05, 4.69) is 4.90 Å². The molecule has 0 saturated carbocycles. The van der Waals surface area contributed by atoms with Crippen LogP contribution in [-0.2, 0) is 13.0 Å². The monoisotopic (exact) mass is 305 g/mol. The van der Waals surface area contributed by atoms with Crippen molar-refractivity contribution in [2.75, 3.05) is 11.4 Å². The van der Waals surface area contributed by atoms with Crippen molar-refractivity contribution in [3.05, 3.63) is 63.9 Å². The highest BCUT2D eigenvalue weighted by Crippen LogP contribution is 2.31. The van der Waals surface area contributed by atoms with Crippen LogP contribution >= 0.6 is 11.6 Å². The fraction of sp³-hybridized carbons (Fsp3) is 0.188. The van der Waals surface area contributed by atoms with Crippen LogP contribution < -0.4 is 4.90 Å². The van der Waals surface area contributed by atoms with Crippen molar-refractivity contribution in [2.24, 2.45) is 0 Å². The van der Waals surface area contributed by atoms with Crippen LogP contribution in [-0.4, -0.2) is 17.6 Å². The molecule has 1 aliphatic rings. The van der Waals surface area contributed by atoms with E-state index >= 15 is 0 Å². The minimum absolute atomic E-state index is 0.301. The first-order valence-electron chi connectivity index (χ1n) is 6.59. The Morgan fingerprint density at radius 2 is 2.10 bits per heavy atom. The summed E-state index contributed by atoms with van der Waals surface area (Å²) < 4.78 is 13.1. The van der Waals surface area contributed by atoms with E-state index in [1.165, 1.54) is 12.1 Å². The topological polar surface area (TPSA) is 40.5 Å². The van der Waals surface area contributed by atoms with Gasteiger partial charge < -0.3 is 10.0 Å². The molecular weight excluding hydrogens is 293 g/mol. The summed E-state index contributed by atoms with van der Waals surface area (Å²) in [6, 6.07) is 9.52. The molecule has 0 saturated heterocycles. The molecule has 0 bridgehead atoms. The van der Waals surface area contributed by atoms with Gasteiger partial charge in [-0.3, -0.25) is 0 Å². The van der Waals surface area contributed by atoms with Gasteiger partial charge in [0, 0.05) is 23.8 Å². The third-order valence-corrected chi connectivity index (χ3v) is 4.05. The molecule has 1 aliphatic heterocycles. The van der Waals surface area contributed by atoms with Gasteiger partial charge in [-0.15, -0.1) is 0 Å². The van der Waals surface area contributed by atoms with Crippen LogP contribution in [0.25, 0.3) is 0 Å². The van der Waals surface area contributed by atoms with E-state index in [-0.39, 0.29) is 5.82 Å². The predicted octanol–water partition coefficient (Wildman–Crippen LogP) is 3.74. The lowest BCUT2D eigenvalue weighted by atomic mass is 10.1. The molecule has 0 aliphatic carbocycles. The molecule has 3 nitrogen and oxygen atoms in total. The van der Waals surface area contributed by atoms with E-state index in [9.17, 15) is 9.18 Å². The summed E-state index contributed by atoms with van der Waals surface area (Å²) in [6.45, 7) is 1.38. The number of benzene rings is 2. The minimum Gasteiger partial charge on any atom is -0.478 e. The van der Waals surface area contributed by atoms with Crippen LogP contribution in [0.3, 0.4) is 0 Å². The fourth-order valence-corrected chi connectivity index (χ4v) is 2.85. The zero-order valence-corrected chi connectivity index (χ0v) is 11.9. The van der Waals surface area contributed by atoms with Gasteiger partial charge in [-0.2, -0.15) is 0 Å². The number of rotatable bonds is 3. The van der Waals surface area contributed by atoms with Crippen molar-refractivity contribution in [2.45, 2.75) is 13.0 Å². The number of nitrogens with zero attached hydrogens (tertiary/aromatic N) is 1. The molecule has 1 N–H and O–H groups in total. The van der Waals surface area contributed by atoms with Gasteiger partial charge in [0.2, 0.25) is 0 Å². The van der Waals surface area contributed by atoms with E-state index in [0.29, 0.717) is 17.1 Å². The van der Waals surface area contributed by atoms with E-state index in [1.54, 1.807) is 18.2 Å². The fourth-order valence-electron chi connectivity index (χ4n) is 2.62. The van der Waals surface area contributed by atoms with Gasteiger partial charge >= 0.3 is 5.97 Å². The van der Waals surface area contributed by atoms with Crippen LogP contribution in [0.15, 0.2) is 36.4 Å². The smallest absolute Gasteiger partial charge is 0.335 e. The zero-order valence-electron chi connectivity index (χ0n) is 11.1. The highest BCUT2D eigenvalue weighted by atomic mass is 35.5. The number of carboxylic acid groups (broad SMARTS) is 1. The molecule has 5 heteroatoms. The molecule has 108 valence electrons. The Morgan fingerprint density at radius 3 is 2.81 bits per heavy atom. The maximum Gasteiger partial charge on any atom is 0.335 e. The lowest BCUT2D eigenvalue weighted by molar-refractivity contribution is 0.0697. The lowest BCUT2D eigenvalue weighted by Crippen LogP contribution is -2.19. The SMILES string of the molecule is O=C(O)c1ccc2c(c1)CCN2Cc1ccc(F)cc1Cl. The number of carboxylic acids is 1. The van der Waals surface area contributed by atoms with Gasteiger partial charge in [0.15, 0.2) is 0 Å². The Kier molecular flexibility index (Phi) is 3.55. The molecule has 0 unspecified atom stereocenters. The summed E-state index contributed by atoms with van der Waals surface area (Å²) >= 11 is 6.06. The van der Waals surface area contributed by atoms with Crippen LogP contribution in [0.4, 0.5) is 10.1 Å². The second-order valence-electron chi connectivity index (χ2n) is 5.06. The highest BCUT2D eigenvalue weighted by molar-refractivity contribution is 6.31. The van der Waals surface area contributed by atoms with Gasteiger partial charge in [-0.05, 0) is 47.9 Å². The van der Waals surface area contributed by atoms with E-state index in [4.69, 9.17) is 16.7 Å². The average Bonchev–Trinajstić information content (AvgIpc) is 2.84. The summed E-state index contributed by atoms with van der Waals surface area (Å²) in [5.41, 5.74) is 3.19. The van der Waals surface area contributed by atoms with Crippen molar-refractivity contribution >= 4 is 23.3 Å². The van der Waals surface area contributed by atoms with Crippen molar-refractivity contribution in [3.63, 3.8) is 0 Å². The molecule has 2 aromatic rings. The van der Waals surface area contributed by atoms with E-state index in [0.717, 1.165) is 29.8 Å². The second-order valence-corrected chi connectivity index (χ2v) is 5.46. The molecule has 0 radical (unpaired) electrons. The quantitative estimate of drug-likeness (QED) is 0.939. The number of fused-ring (bicyclic) bond motifs is 1. The first kappa shape index (κ1) is 13.9. The van der Waals surface area contributed by atoms with Gasteiger partial charge in [-0.1, -0.05) is 17.7 Å². The van der Waals surface area contributed by atoms with Gasteiger partial charge in [0.25, 0.3) is 0 Å². The molecule has 3 rings (SSSR count). The average molecular weight is 306 g/mol. The molecule has 2 aromatic carbocycles. The number of aromatic carboxylic acids is 1. The maximum atomic E-state index is 13.1. The number of anilines is 1. The minimum atomic E-state index is -0.919. The summed E-state index contributed by atoms with van der Waals surface area (Å²) in [5.74, 6) is -1.27. The lowest BCUT2D eigenvalue weighted by Gasteiger charge is -2.20. The molecular formula is C16H13ClFNO2. The number of hydrogen-bond donors (Lipinski definition) is 1. The predicted molar refractivity (Wildman–Crippen MR) is 79.6 cm³/mol. The Hall–Kier alpha value is -2.07. The van der Waals surface area contributed by atoms with Crippen LogP contribution in [0.1, 0.15) is 21.5 Å². The second kappa shape index (κ2) is 5.37.